The normalized spacial score (nSPS) is 10.9. The Hall–Kier alpha value is -2.92. The van der Waals surface area contributed by atoms with Gasteiger partial charge in [-0.3, -0.25) is 0 Å². The van der Waals surface area contributed by atoms with Crippen LogP contribution in [-0.4, -0.2) is 19.5 Å². The minimum Gasteiger partial charge on any atom is -0.316 e. The number of aromatic nitrogens is 4. The van der Waals surface area contributed by atoms with Gasteiger partial charge >= 0.3 is 0 Å². The summed E-state index contributed by atoms with van der Waals surface area (Å²) in [6.45, 7) is 4.54. The molecule has 0 N–H and O–H groups in total. The molecule has 0 fully saturated rings. The van der Waals surface area contributed by atoms with Crippen molar-refractivity contribution in [3.05, 3.63) is 79.6 Å². The van der Waals surface area contributed by atoms with E-state index in [1.165, 1.54) is 0 Å². The highest BCUT2D eigenvalue weighted by Crippen LogP contribution is 2.33. The molecule has 4 aromatic rings. The number of benzene rings is 2. The number of rotatable bonds is 5. The number of allylic oxidation sites excluding steroid dienone is 1. The fourth-order valence-corrected chi connectivity index (χ4v) is 3.64. The Morgan fingerprint density at radius 2 is 1.68 bits per heavy atom. The third-order valence-electron chi connectivity index (χ3n) is 3.81. The molecule has 0 amide bonds. The van der Waals surface area contributed by atoms with Crippen LogP contribution in [0.1, 0.15) is 0 Å². The summed E-state index contributed by atoms with van der Waals surface area (Å²) in [6, 6.07) is 20.3. The van der Waals surface area contributed by atoms with E-state index in [1.54, 1.807) is 18.1 Å². The molecule has 2 aromatic carbocycles. The van der Waals surface area contributed by atoms with Crippen molar-refractivity contribution in [2.75, 3.05) is 0 Å². The molecule has 2 aromatic heterocycles. The van der Waals surface area contributed by atoms with Crippen LogP contribution in [0.4, 0.5) is 0 Å². The molecule has 0 aliphatic rings. The first kappa shape index (κ1) is 15.6. The number of nitrogens with zero attached hydrogens (tertiary/aromatic N) is 4. The van der Waals surface area contributed by atoms with Gasteiger partial charge < -0.3 is 4.57 Å². The van der Waals surface area contributed by atoms with Gasteiger partial charge in [-0.1, -0.05) is 66.4 Å². The molecule has 4 nitrogen and oxygen atoms in total. The zero-order valence-corrected chi connectivity index (χ0v) is 14.4. The van der Waals surface area contributed by atoms with Crippen LogP contribution in [0.5, 0.6) is 0 Å². The summed E-state index contributed by atoms with van der Waals surface area (Å²) in [4.78, 5) is 14.8. The molecule has 122 valence electrons. The lowest BCUT2D eigenvalue weighted by Gasteiger charge is -2.08. The molecule has 0 aliphatic carbocycles. The summed E-state index contributed by atoms with van der Waals surface area (Å²) >= 11 is 1.62. The Labute approximate surface area is 150 Å². The van der Waals surface area contributed by atoms with E-state index in [4.69, 9.17) is 4.98 Å². The van der Waals surface area contributed by atoms with Gasteiger partial charge in [0.15, 0.2) is 5.65 Å². The molecule has 0 atom stereocenters. The molecule has 0 spiro atoms. The summed E-state index contributed by atoms with van der Waals surface area (Å²) in [5.41, 5.74) is 2.70. The van der Waals surface area contributed by atoms with E-state index in [0.29, 0.717) is 12.2 Å². The highest BCUT2D eigenvalue weighted by atomic mass is 32.2. The summed E-state index contributed by atoms with van der Waals surface area (Å²) in [6.07, 6.45) is 3.45. The fourth-order valence-electron chi connectivity index (χ4n) is 2.73. The van der Waals surface area contributed by atoms with Gasteiger partial charge in [0, 0.05) is 17.0 Å². The van der Waals surface area contributed by atoms with E-state index in [1.807, 2.05) is 42.5 Å². The van der Waals surface area contributed by atoms with Crippen molar-refractivity contribution < 1.29 is 0 Å². The van der Waals surface area contributed by atoms with Crippen LogP contribution in [0.25, 0.3) is 22.6 Å². The van der Waals surface area contributed by atoms with Crippen LogP contribution in [0.2, 0.25) is 0 Å². The third kappa shape index (κ3) is 3.06. The van der Waals surface area contributed by atoms with Crippen LogP contribution < -0.4 is 0 Å². The van der Waals surface area contributed by atoms with E-state index in [0.717, 1.165) is 26.8 Å². The third-order valence-corrected chi connectivity index (χ3v) is 4.81. The van der Waals surface area contributed by atoms with E-state index >= 15 is 0 Å². The molecule has 4 rings (SSSR count). The summed E-state index contributed by atoms with van der Waals surface area (Å²) in [7, 11) is 0. The maximum atomic E-state index is 4.75. The van der Waals surface area contributed by atoms with Gasteiger partial charge in [-0.05, 0) is 12.1 Å². The van der Waals surface area contributed by atoms with Gasteiger partial charge in [0.1, 0.15) is 22.7 Å². The number of fused-ring (bicyclic) bond motifs is 1. The molecular formula is C20H16N4S. The standard InChI is InChI=1S/C20H16N4S/c1-2-13-24-17-18(23-19(24)15-9-5-3-6-10-15)21-14-22-20(17)25-16-11-7-4-8-12-16/h2-12,14H,1,13H2. The zero-order valence-electron chi connectivity index (χ0n) is 13.5. The van der Waals surface area contributed by atoms with Crippen LogP contribution in [-0.2, 0) is 6.54 Å². The summed E-state index contributed by atoms with van der Waals surface area (Å²) in [5, 5.41) is 0.896. The highest BCUT2D eigenvalue weighted by molar-refractivity contribution is 7.99. The topological polar surface area (TPSA) is 43.6 Å². The van der Waals surface area contributed by atoms with Crippen molar-refractivity contribution in [3.8, 4) is 11.4 Å². The van der Waals surface area contributed by atoms with E-state index in [2.05, 4.69) is 45.4 Å². The van der Waals surface area contributed by atoms with Crippen LogP contribution in [0.3, 0.4) is 0 Å². The number of imidazole rings is 1. The van der Waals surface area contributed by atoms with Gasteiger partial charge in [-0.2, -0.15) is 0 Å². The molecule has 0 radical (unpaired) electrons. The highest BCUT2D eigenvalue weighted by Gasteiger charge is 2.17. The Morgan fingerprint density at radius 1 is 0.960 bits per heavy atom. The molecule has 0 unspecified atom stereocenters. The Morgan fingerprint density at radius 3 is 2.40 bits per heavy atom. The predicted octanol–water partition coefficient (Wildman–Crippen LogP) is 4.83. The Kier molecular flexibility index (Phi) is 4.31. The molecule has 0 bridgehead atoms. The van der Waals surface area contributed by atoms with E-state index in [-0.39, 0.29) is 0 Å². The first-order chi connectivity index (χ1) is 12.4. The molecule has 5 heteroatoms. The van der Waals surface area contributed by atoms with Crippen molar-refractivity contribution in [3.63, 3.8) is 0 Å². The van der Waals surface area contributed by atoms with Gasteiger partial charge in [0.2, 0.25) is 0 Å². The minimum absolute atomic E-state index is 0.649. The Balaban J connectivity index is 1.90. The van der Waals surface area contributed by atoms with Gasteiger partial charge in [-0.15, -0.1) is 6.58 Å². The van der Waals surface area contributed by atoms with E-state index < -0.39 is 0 Å². The smallest absolute Gasteiger partial charge is 0.182 e. The van der Waals surface area contributed by atoms with Crippen molar-refractivity contribution in [1.29, 1.82) is 0 Å². The molecule has 0 saturated heterocycles. The van der Waals surface area contributed by atoms with Crippen molar-refractivity contribution >= 4 is 22.9 Å². The molecule has 25 heavy (non-hydrogen) atoms. The van der Waals surface area contributed by atoms with E-state index in [9.17, 15) is 0 Å². The average molecular weight is 344 g/mol. The number of hydrogen-bond donors (Lipinski definition) is 0. The second kappa shape index (κ2) is 6.91. The van der Waals surface area contributed by atoms with Crippen molar-refractivity contribution in [2.45, 2.75) is 16.5 Å². The quantitative estimate of drug-likeness (QED) is 0.384. The maximum absolute atomic E-state index is 4.75. The summed E-state index contributed by atoms with van der Waals surface area (Å²) < 4.78 is 2.13. The molecular weight excluding hydrogens is 328 g/mol. The van der Waals surface area contributed by atoms with Crippen molar-refractivity contribution in [2.24, 2.45) is 0 Å². The van der Waals surface area contributed by atoms with Gasteiger partial charge in [-0.25, -0.2) is 15.0 Å². The average Bonchev–Trinajstić information content (AvgIpc) is 3.03. The zero-order chi connectivity index (χ0) is 17.1. The van der Waals surface area contributed by atoms with Gasteiger partial charge in [0.05, 0.1) is 0 Å². The number of hydrogen-bond acceptors (Lipinski definition) is 4. The maximum Gasteiger partial charge on any atom is 0.182 e. The van der Waals surface area contributed by atoms with Crippen LogP contribution in [0, 0.1) is 0 Å². The summed E-state index contributed by atoms with van der Waals surface area (Å²) in [5.74, 6) is 0.880. The Bertz CT molecular complexity index is 1010. The SMILES string of the molecule is C=CCn1c(-c2ccccc2)nc2ncnc(Sc3ccccc3)c21. The minimum atomic E-state index is 0.649. The fraction of sp³-hybridized carbons (Fsp3) is 0.0500. The van der Waals surface area contributed by atoms with Crippen LogP contribution >= 0.6 is 11.8 Å². The van der Waals surface area contributed by atoms with Crippen molar-refractivity contribution in [1.82, 2.24) is 19.5 Å². The largest absolute Gasteiger partial charge is 0.316 e. The monoisotopic (exact) mass is 344 g/mol. The first-order valence-corrected chi connectivity index (χ1v) is 8.79. The molecule has 0 aliphatic heterocycles. The van der Waals surface area contributed by atoms with Gasteiger partial charge in [0.25, 0.3) is 0 Å². The predicted molar refractivity (Wildman–Crippen MR) is 102 cm³/mol. The molecule has 2 heterocycles. The van der Waals surface area contributed by atoms with Crippen LogP contribution in [0.15, 0.2) is 89.6 Å². The lowest BCUT2D eigenvalue weighted by atomic mass is 10.2. The lowest BCUT2D eigenvalue weighted by molar-refractivity contribution is 0.847. The molecule has 0 saturated carbocycles. The first-order valence-electron chi connectivity index (χ1n) is 7.97. The lowest BCUT2D eigenvalue weighted by Crippen LogP contribution is -2.00. The second-order valence-electron chi connectivity index (χ2n) is 5.47. The second-order valence-corrected chi connectivity index (χ2v) is 6.53.